The second kappa shape index (κ2) is 17.7. The molecule has 0 unspecified atom stereocenters. The second-order valence-electron chi connectivity index (χ2n) is 15.5. The summed E-state index contributed by atoms with van der Waals surface area (Å²) >= 11 is 0. The van der Waals surface area contributed by atoms with Gasteiger partial charge in [-0.2, -0.15) is 0 Å². The molecule has 6 atom stereocenters. The lowest BCUT2D eigenvalue weighted by Gasteiger charge is -2.59. The SMILES string of the molecule is C=CCO[C@@]12Oc3ccc(Oc4ccc(C)c(C)c4)cc3[C@H]3[C@H](CCCCO)[C@@H](CCCCO)C=C(C(=NOCC)C[C@@H]1N(C)C(=O)c1ccc4c(c1)OCO4)[C@H]32. The maximum atomic E-state index is 14.6. The molecule has 7 rings (SSSR count). The molecule has 1 saturated carbocycles. The van der Waals surface area contributed by atoms with E-state index in [-0.39, 0.29) is 50.3 Å². The number of carbonyl (C=O) groups excluding carboxylic acids is 1. The summed E-state index contributed by atoms with van der Waals surface area (Å²) in [7, 11) is 1.79. The molecule has 0 bridgehead atoms. The van der Waals surface area contributed by atoms with E-state index in [2.05, 4.69) is 38.6 Å². The Labute approximate surface area is 335 Å². The van der Waals surface area contributed by atoms with Crippen LogP contribution in [0.25, 0.3) is 0 Å². The van der Waals surface area contributed by atoms with E-state index in [9.17, 15) is 15.0 Å². The fourth-order valence-electron chi connectivity index (χ4n) is 9.22. The molecular formula is C46H56N2O9. The van der Waals surface area contributed by atoms with Crippen molar-refractivity contribution < 1.29 is 43.5 Å². The third-order valence-electron chi connectivity index (χ3n) is 12.1. The third kappa shape index (κ3) is 8.02. The van der Waals surface area contributed by atoms with Crippen molar-refractivity contribution in [3.8, 4) is 28.7 Å². The fraction of sp³-hybridized carbons (Fsp3) is 0.478. The normalized spacial score (nSPS) is 24.8. The first-order valence-corrected chi connectivity index (χ1v) is 20.3. The van der Waals surface area contributed by atoms with Crippen molar-refractivity contribution in [1.29, 1.82) is 0 Å². The Balaban J connectivity index is 1.41. The Morgan fingerprint density at radius 1 is 0.947 bits per heavy atom. The highest BCUT2D eigenvalue weighted by Gasteiger charge is 2.65. The van der Waals surface area contributed by atoms with Gasteiger partial charge in [0.1, 0.15) is 29.9 Å². The van der Waals surface area contributed by atoms with Crippen LogP contribution in [0.15, 0.2) is 84.1 Å². The first-order chi connectivity index (χ1) is 27.7. The number of likely N-dealkylation sites (N-methyl/N-ethyl adjacent to an activating group) is 1. The minimum absolute atomic E-state index is 0.0946. The number of aliphatic hydroxyl groups excluding tert-OH is 2. The van der Waals surface area contributed by atoms with E-state index >= 15 is 0 Å². The zero-order valence-electron chi connectivity index (χ0n) is 33.6. The predicted octanol–water partition coefficient (Wildman–Crippen LogP) is 8.25. The van der Waals surface area contributed by atoms with Gasteiger partial charge in [-0.15, -0.1) is 6.58 Å². The molecule has 57 heavy (non-hydrogen) atoms. The standard InChI is InChI=1S/C46H56N2O9/c1-6-22-54-46-42(48(5)45(51)32-15-18-40-41(25-32)53-28-52-40)27-38(47-55-7-2)36-24-31(12-8-10-20-49)35(13-9-11-21-50)43(44(36)46)37-26-34(17-19-39(37)57-46)56-33-16-14-29(3)30(4)23-33/h6,14-19,23-26,31,35,42-44,49-50H,1,7-13,20-22,27-28H2,2-5H3/t31-,35+,42-,43+,44+,46+/m0/s1. The van der Waals surface area contributed by atoms with E-state index in [4.69, 9.17) is 33.7 Å². The predicted molar refractivity (Wildman–Crippen MR) is 217 cm³/mol. The number of nitrogens with zero attached hydrogens (tertiary/aromatic N) is 2. The van der Waals surface area contributed by atoms with E-state index in [1.54, 1.807) is 36.2 Å². The Kier molecular flexibility index (Phi) is 12.6. The van der Waals surface area contributed by atoms with Crippen LogP contribution in [0.1, 0.15) is 84.8 Å². The number of amides is 1. The molecule has 0 spiro atoms. The number of allylic oxidation sites excluding steroid dienone is 1. The van der Waals surface area contributed by atoms with Crippen LogP contribution < -0.4 is 18.9 Å². The summed E-state index contributed by atoms with van der Waals surface area (Å²) in [5.74, 6) is 1.26. The van der Waals surface area contributed by atoms with Crippen LogP contribution in [-0.4, -0.2) is 78.8 Å². The van der Waals surface area contributed by atoms with Crippen molar-refractivity contribution in [2.75, 3.05) is 40.3 Å². The van der Waals surface area contributed by atoms with Crippen LogP contribution in [-0.2, 0) is 9.57 Å². The van der Waals surface area contributed by atoms with Crippen LogP contribution in [0.3, 0.4) is 0 Å². The van der Waals surface area contributed by atoms with Crippen LogP contribution in [0.2, 0.25) is 0 Å². The topological polar surface area (TPSA) is 129 Å². The van der Waals surface area contributed by atoms with E-state index < -0.39 is 17.7 Å². The van der Waals surface area contributed by atoms with Gasteiger partial charge in [-0.3, -0.25) is 4.79 Å². The van der Waals surface area contributed by atoms with E-state index in [1.807, 2.05) is 31.2 Å². The van der Waals surface area contributed by atoms with Gasteiger partial charge in [0.25, 0.3) is 5.91 Å². The number of oxime groups is 1. The maximum absolute atomic E-state index is 14.6. The summed E-state index contributed by atoms with van der Waals surface area (Å²) < 4.78 is 32.0. The summed E-state index contributed by atoms with van der Waals surface area (Å²) in [4.78, 5) is 22.1. The molecule has 1 amide bonds. The lowest BCUT2D eigenvalue weighted by Crippen LogP contribution is -2.69. The maximum Gasteiger partial charge on any atom is 0.254 e. The Morgan fingerprint density at radius 3 is 2.44 bits per heavy atom. The highest BCUT2D eigenvalue weighted by atomic mass is 16.7. The Bertz CT molecular complexity index is 1990. The number of rotatable bonds is 17. The number of aryl methyl sites for hydroxylation is 2. The van der Waals surface area contributed by atoms with Crippen molar-refractivity contribution in [3.63, 3.8) is 0 Å². The van der Waals surface area contributed by atoms with Crippen molar-refractivity contribution in [2.24, 2.45) is 22.9 Å². The zero-order chi connectivity index (χ0) is 40.1. The van der Waals surface area contributed by atoms with Gasteiger partial charge in [0.05, 0.1) is 18.2 Å². The van der Waals surface area contributed by atoms with Crippen molar-refractivity contribution in [2.45, 2.75) is 83.5 Å². The quantitative estimate of drug-likeness (QED) is 0.0791. The summed E-state index contributed by atoms with van der Waals surface area (Å²) in [6.45, 7) is 11.0. The number of hydrogen-bond donors (Lipinski definition) is 2. The second-order valence-corrected chi connectivity index (χ2v) is 15.5. The molecule has 4 aliphatic rings. The molecule has 2 heterocycles. The lowest BCUT2D eigenvalue weighted by atomic mass is 9.55. The molecule has 0 saturated heterocycles. The molecule has 3 aromatic carbocycles. The molecule has 1 fully saturated rings. The molecule has 0 radical (unpaired) electrons. The van der Waals surface area contributed by atoms with Gasteiger partial charge in [-0.05, 0) is 124 Å². The summed E-state index contributed by atoms with van der Waals surface area (Å²) in [5.41, 5.74) is 5.50. The monoisotopic (exact) mass is 780 g/mol. The van der Waals surface area contributed by atoms with E-state index in [0.29, 0.717) is 54.4 Å². The zero-order valence-corrected chi connectivity index (χ0v) is 33.6. The van der Waals surface area contributed by atoms with Crippen molar-refractivity contribution in [3.05, 3.63) is 101 Å². The lowest BCUT2D eigenvalue weighted by molar-refractivity contribution is -0.252. The summed E-state index contributed by atoms with van der Waals surface area (Å²) in [6, 6.07) is 16.7. The van der Waals surface area contributed by atoms with Gasteiger partial charge < -0.3 is 43.6 Å². The van der Waals surface area contributed by atoms with Gasteiger partial charge in [0.15, 0.2) is 11.5 Å². The summed E-state index contributed by atoms with van der Waals surface area (Å²) in [6.07, 6.45) is 9.11. The van der Waals surface area contributed by atoms with Gasteiger partial charge in [0, 0.05) is 43.7 Å². The van der Waals surface area contributed by atoms with Crippen LogP contribution >= 0.6 is 0 Å². The first-order valence-electron chi connectivity index (χ1n) is 20.3. The molecule has 2 aliphatic carbocycles. The molecule has 11 heteroatoms. The van der Waals surface area contributed by atoms with Crippen molar-refractivity contribution >= 4 is 11.6 Å². The number of unbranched alkanes of at least 4 members (excludes halogenated alkanes) is 2. The molecule has 0 aromatic heterocycles. The smallest absolute Gasteiger partial charge is 0.254 e. The van der Waals surface area contributed by atoms with Crippen LogP contribution in [0, 0.1) is 31.6 Å². The van der Waals surface area contributed by atoms with Crippen LogP contribution in [0.4, 0.5) is 0 Å². The van der Waals surface area contributed by atoms with Gasteiger partial charge in [0.2, 0.25) is 12.6 Å². The minimum atomic E-state index is -1.36. The summed E-state index contributed by atoms with van der Waals surface area (Å²) in [5, 5.41) is 24.5. The molecular weight excluding hydrogens is 725 g/mol. The van der Waals surface area contributed by atoms with E-state index in [1.165, 1.54) is 5.56 Å². The minimum Gasteiger partial charge on any atom is -0.459 e. The molecule has 2 N–H and O–H groups in total. The molecule has 11 nitrogen and oxygen atoms in total. The third-order valence-corrected chi connectivity index (χ3v) is 12.1. The van der Waals surface area contributed by atoms with E-state index in [0.717, 1.165) is 53.8 Å². The Morgan fingerprint density at radius 2 is 1.68 bits per heavy atom. The largest absolute Gasteiger partial charge is 0.459 e. The van der Waals surface area contributed by atoms with Gasteiger partial charge in [-0.1, -0.05) is 36.2 Å². The highest BCUT2D eigenvalue weighted by Crippen LogP contribution is 2.62. The number of carbonyl (C=O) groups is 1. The number of hydrogen-bond acceptors (Lipinski definition) is 10. The molecule has 3 aromatic rings. The van der Waals surface area contributed by atoms with Gasteiger partial charge in [-0.25, -0.2) is 0 Å². The number of fused-ring (bicyclic) bond motifs is 3. The van der Waals surface area contributed by atoms with Crippen molar-refractivity contribution in [1.82, 2.24) is 4.90 Å². The number of aliphatic hydroxyl groups is 2. The average molecular weight is 781 g/mol. The number of benzene rings is 3. The fourth-order valence-corrected chi connectivity index (χ4v) is 9.22. The number of ether oxygens (including phenoxy) is 5. The highest BCUT2D eigenvalue weighted by molar-refractivity contribution is 6.03. The Hall–Kier alpha value is -4.84. The van der Waals surface area contributed by atoms with Gasteiger partial charge >= 0.3 is 0 Å². The first kappa shape index (κ1) is 40.4. The van der Waals surface area contributed by atoms with Crippen LogP contribution in [0.5, 0.6) is 28.7 Å². The molecule has 2 aliphatic heterocycles. The average Bonchev–Trinajstić information content (AvgIpc) is 3.70. The molecule has 304 valence electrons.